The van der Waals surface area contributed by atoms with E-state index in [1.807, 2.05) is 0 Å². The quantitative estimate of drug-likeness (QED) is 0.574. The molecular weight excluding hydrogens is 533 g/mol. The van der Waals surface area contributed by atoms with Gasteiger partial charge in [0.2, 0.25) is 5.91 Å². The highest BCUT2D eigenvalue weighted by Gasteiger charge is 2.47. The van der Waals surface area contributed by atoms with Crippen molar-refractivity contribution in [2.45, 2.75) is 72.2 Å². The number of nitrogens with one attached hydrogen (secondary N) is 1. The molecule has 2 bridgehead atoms. The number of fused-ring (bicyclic) bond motifs is 2. The van der Waals surface area contributed by atoms with E-state index >= 15 is 0 Å². The summed E-state index contributed by atoms with van der Waals surface area (Å²) < 4.78 is 48.3. The van der Waals surface area contributed by atoms with Crippen LogP contribution in [0.2, 0.25) is 10.0 Å². The van der Waals surface area contributed by atoms with E-state index in [9.17, 15) is 21.6 Å². The van der Waals surface area contributed by atoms with Crippen LogP contribution in [0.5, 0.6) is 0 Å². The number of aromatic nitrogens is 1. The maximum atomic E-state index is 13.3. The highest BCUT2D eigenvalue weighted by molar-refractivity contribution is 7.93. The van der Waals surface area contributed by atoms with E-state index in [0.29, 0.717) is 23.7 Å². The number of amides is 1. The van der Waals surface area contributed by atoms with Crippen LogP contribution in [0.3, 0.4) is 0 Å². The number of pyridine rings is 1. The Morgan fingerprint density at radius 1 is 1.06 bits per heavy atom. The number of hydrogen-bond acceptors (Lipinski definition) is 7. The fourth-order valence-electron chi connectivity index (χ4n) is 4.86. The van der Waals surface area contributed by atoms with Crippen LogP contribution >= 0.6 is 23.2 Å². The molecule has 1 unspecified atom stereocenters. The fourth-order valence-corrected chi connectivity index (χ4v) is 7.55. The van der Waals surface area contributed by atoms with Crippen LogP contribution < -0.4 is 10.2 Å². The molecule has 3 heterocycles. The summed E-state index contributed by atoms with van der Waals surface area (Å²) in [7, 11) is -7.42. The summed E-state index contributed by atoms with van der Waals surface area (Å²) in [5.41, 5.74) is 0. The lowest BCUT2D eigenvalue weighted by atomic mass is 9.96. The monoisotopic (exact) mass is 559 g/mol. The van der Waals surface area contributed by atoms with E-state index in [1.54, 1.807) is 12.1 Å². The largest absolute Gasteiger partial charge is 0.352 e. The third-order valence-electron chi connectivity index (χ3n) is 6.88. The third-order valence-corrected chi connectivity index (χ3v) is 11.1. The SMILES string of the molecule is CC(C)(C(=O)NC1C[C@H]2CC[C@@H](C1)N2c1ccc(S(C)(=O)=O)cn1)S(=O)(=O)c1ccc(Cl)cc1Cl. The van der Waals surface area contributed by atoms with Gasteiger partial charge >= 0.3 is 0 Å². The molecule has 8 nitrogen and oxygen atoms in total. The number of nitrogens with zero attached hydrogens (tertiary/aromatic N) is 2. The summed E-state index contributed by atoms with van der Waals surface area (Å²) in [6.45, 7) is 2.75. The number of hydrogen-bond donors (Lipinski definition) is 1. The topological polar surface area (TPSA) is 114 Å². The van der Waals surface area contributed by atoms with Gasteiger partial charge in [0.15, 0.2) is 19.7 Å². The van der Waals surface area contributed by atoms with Crippen molar-refractivity contribution in [3.05, 3.63) is 46.6 Å². The van der Waals surface area contributed by atoms with Gasteiger partial charge in [-0.1, -0.05) is 23.2 Å². The van der Waals surface area contributed by atoms with E-state index in [4.69, 9.17) is 23.2 Å². The Balaban J connectivity index is 1.48. The fraction of sp³-hybridized carbons (Fsp3) is 0.478. The smallest absolute Gasteiger partial charge is 0.241 e. The molecule has 1 aromatic heterocycles. The molecule has 2 saturated heterocycles. The van der Waals surface area contributed by atoms with E-state index < -0.39 is 30.3 Å². The average molecular weight is 561 g/mol. The molecule has 12 heteroatoms. The van der Waals surface area contributed by atoms with Crippen molar-refractivity contribution in [2.24, 2.45) is 0 Å². The predicted molar refractivity (Wildman–Crippen MR) is 136 cm³/mol. The normalized spacial score (nSPS) is 22.8. The predicted octanol–water partition coefficient (Wildman–Crippen LogP) is 3.66. The summed E-state index contributed by atoms with van der Waals surface area (Å²) >= 11 is 12.0. The van der Waals surface area contributed by atoms with Gasteiger partial charge < -0.3 is 10.2 Å². The van der Waals surface area contributed by atoms with Gasteiger partial charge in [0.1, 0.15) is 10.6 Å². The number of piperidine rings is 1. The van der Waals surface area contributed by atoms with Gasteiger partial charge in [0, 0.05) is 35.6 Å². The first-order chi connectivity index (χ1) is 16.2. The molecule has 0 radical (unpaired) electrons. The maximum Gasteiger partial charge on any atom is 0.241 e. The molecule has 1 aromatic carbocycles. The standard InChI is InChI=1S/C23H27Cl2N3O5S2/c1-23(2,35(32,33)20-8-4-14(24)10-19(20)25)22(29)27-15-11-16-5-6-17(12-15)28(16)21-9-7-18(13-26-21)34(3,30)31/h4,7-10,13,15-17H,5-6,11-12H2,1-3H3,(H,27,29)/t15?,16-,17+. The molecule has 2 fully saturated rings. The summed E-state index contributed by atoms with van der Waals surface area (Å²) in [4.78, 5) is 19.8. The van der Waals surface area contributed by atoms with Crippen molar-refractivity contribution in [1.29, 1.82) is 0 Å². The first kappa shape index (κ1) is 26.2. The lowest BCUT2D eigenvalue weighted by Gasteiger charge is -2.40. The Morgan fingerprint density at radius 2 is 1.69 bits per heavy atom. The van der Waals surface area contributed by atoms with Crippen LogP contribution in [0.4, 0.5) is 5.82 Å². The molecule has 190 valence electrons. The van der Waals surface area contributed by atoms with Gasteiger partial charge in [-0.3, -0.25) is 4.79 Å². The number of anilines is 1. The molecule has 1 amide bonds. The zero-order valence-electron chi connectivity index (χ0n) is 19.5. The molecule has 2 aliphatic rings. The summed E-state index contributed by atoms with van der Waals surface area (Å²) in [5.74, 6) is 0.118. The first-order valence-corrected chi connectivity index (χ1v) is 15.3. The number of rotatable bonds is 6. The van der Waals surface area contributed by atoms with Crippen LogP contribution in [0, 0.1) is 0 Å². The maximum absolute atomic E-state index is 13.3. The van der Waals surface area contributed by atoms with Gasteiger partial charge in [0.05, 0.1) is 14.8 Å². The second kappa shape index (κ2) is 9.21. The molecule has 1 N–H and O–H groups in total. The zero-order chi connectivity index (χ0) is 25.8. The van der Waals surface area contributed by atoms with Crippen LogP contribution in [0.25, 0.3) is 0 Å². The Labute approximate surface area is 215 Å². The van der Waals surface area contributed by atoms with Crippen molar-refractivity contribution in [1.82, 2.24) is 10.3 Å². The van der Waals surface area contributed by atoms with Gasteiger partial charge in [0.25, 0.3) is 0 Å². The van der Waals surface area contributed by atoms with E-state index in [1.165, 1.54) is 38.2 Å². The summed E-state index contributed by atoms with van der Waals surface area (Å²) in [6.07, 6.45) is 5.60. The Morgan fingerprint density at radius 3 is 2.20 bits per heavy atom. The van der Waals surface area contributed by atoms with Crippen molar-refractivity contribution in [2.75, 3.05) is 11.2 Å². The van der Waals surface area contributed by atoms with Crippen LogP contribution in [0.1, 0.15) is 39.5 Å². The minimum absolute atomic E-state index is 0.0286. The number of sulfone groups is 2. The average Bonchev–Trinajstić information content (AvgIpc) is 3.03. The van der Waals surface area contributed by atoms with E-state index in [0.717, 1.165) is 19.1 Å². The molecule has 4 rings (SSSR count). The van der Waals surface area contributed by atoms with Gasteiger partial charge in [-0.05, 0) is 69.9 Å². The van der Waals surface area contributed by atoms with Crippen molar-refractivity contribution >= 4 is 54.6 Å². The van der Waals surface area contributed by atoms with Gasteiger partial charge in [-0.2, -0.15) is 0 Å². The van der Waals surface area contributed by atoms with Crippen LogP contribution in [-0.4, -0.2) is 56.9 Å². The van der Waals surface area contributed by atoms with Crippen LogP contribution in [-0.2, 0) is 24.5 Å². The lowest BCUT2D eigenvalue weighted by Crippen LogP contribution is -2.56. The minimum Gasteiger partial charge on any atom is -0.352 e. The Kier molecular flexibility index (Phi) is 6.89. The molecule has 2 aromatic rings. The highest BCUT2D eigenvalue weighted by atomic mass is 35.5. The second-order valence-corrected chi connectivity index (χ2v) is 15.0. The number of carbonyl (C=O) groups excluding carboxylic acids is 1. The molecule has 2 aliphatic heterocycles. The van der Waals surface area contributed by atoms with E-state index in [2.05, 4.69) is 15.2 Å². The Bertz CT molecular complexity index is 1350. The zero-order valence-corrected chi connectivity index (χ0v) is 22.7. The highest BCUT2D eigenvalue weighted by Crippen LogP contribution is 2.39. The van der Waals surface area contributed by atoms with Gasteiger partial charge in [-0.15, -0.1) is 0 Å². The van der Waals surface area contributed by atoms with Crippen molar-refractivity contribution in [3.63, 3.8) is 0 Å². The first-order valence-electron chi connectivity index (χ1n) is 11.2. The van der Waals surface area contributed by atoms with Crippen molar-refractivity contribution < 1.29 is 21.6 Å². The molecule has 0 saturated carbocycles. The number of carbonyl (C=O) groups is 1. The van der Waals surface area contributed by atoms with Crippen molar-refractivity contribution in [3.8, 4) is 0 Å². The minimum atomic E-state index is -4.09. The Hall–Kier alpha value is -1.88. The summed E-state index contributed by atoms with van der Waals surface area (Å²) in [6, 6.07) is 7.39. The lowest BCUT2D eigenvalue weighted by molar-refractivity contribution is -0.123. The van der Waals surface area contributed by atoms with Gasteiger partial charge in [-0.25, -0.2) is 21.8 Å². The molecule has 0 spiro atoms. The number of benzene rings is 1. The molecule has 35 heavy (non-hydrogen) atoms. The number of halogens is 2. The molecular formula is C23H27Cl2N3O5S2. The second-order valence-electron chi connectivity index (χ2n) is 9.65. The summed E-state index contributed by atoms with van der Waals surface area (Å²) in [5, 5.41) is 3.23. The molecule has 3 atom stereocenters. The van der Waals surface area contributed by atoms with Crippen LogP contribution in [0.15, 0.2) is 46.3 Å². The van der Waals surface area contributed by atoms with E-state index in [-0.39, 0.29) is 32.9 Å². The third kappa shape index (κ3) is 4.90. The molecule has 0 aliphatic carbocycles.